The van der Waals surface area contributed by atoms with Crippen LogP contribution >= 0.6 is 12.4 Å². The minimum Gasteiger partial charge on any atom is -0.493 e. The van der Waals surface area contributed by atoms with Gasteiger partial charge in [-0.15, -0.1) is 12.4 Å². The number of hydrogen-bond acceptors (Lipinski definition) is 4. The molecular weight excluding hydrogens is 280 g/mol. The number of halogens is 1. The van der Waals surface area contributed by atoms with Gasteiger partial charge in [-0.1, -0.05) is 0 Å². The van der Waals surface area contributed by atoms with Crippen molar-refractivity contribution in [3.05, 3.63) is 41.7 Å². The van der Waals surface area contributed by atoms with Gasteiger partial charge in [0.2, 0.25) is 0 Å². The molecule has 0 aliphatic carbocycles. The summed E-state index contributed by atoms with van der Waals surface area (Å²) in [4.78, 5) is 0. The Bertz CT molecular complexity index is 598. The number of nitrogens with zero attached hydrogens (tertiary/aromatic N) is 2. The molecule has 0 saturated heterocycles. The Labute approximate surface area is 123 Å². The van der Waals surface area contributed by atoms with Gasteiger partial charge in [-0.25, -0.2) is 0 Å². The van der Waals surface area contributed by atoms with E-state index in [0.29, 0.717) is 23.7 Å². The van der Waals surface area contributed by atoms with Crippen LogP contribution in [0.2, 0.25) is 0 Å². The summed E-state index contributed by atoms with van der Waals surface area (Å²) in [5, 5.41) is 11.5. The lowest BCUT2D eigenvalue weighted by atomic mass is 10.2. The second-order valence-electron chi connectivity index (χ2n) is 4.09. The smallest absolute Gasteiger partial charge is 0.161 e. The molecule has 0 saturated carbocycles. The first-order valence-electron chi connectivity index (χ1n) is 5.73. The number of ether oxygens (including phenoxy) is 2. The van der Waals surface area contributed by atoms with Gasteiger partial charge in [0.25, 0.3) is 0 Å². The van der Waals surface area contributed by atoms with Crippen LogP contribution in [-0.2, 0) is 13.7 Å². The molecule has 3 N–H and O–H groups in total. The minimum absolute atomic E-state index is 0. The van der Waals surface area contributed by atoms with Gasteiger partial charge in [0, 0.05) is 24.4 Å². The van der Waals surface area contributed by atoms with Crippen molar-refractivity contribution >= 4 is 18.2 Å². The molecule has 0 spiro atoms. The van der Waals surface area contributed by atoms with E-state index < -0.39 is 0 Å². The van der Waals surface area contributed by atoms with Crippen LogP contribution in [0.3, 0.4) is 0 Å². The van der Waals surface area contributed by atoms with Crippen molar-refractivity contribution in [2.75, 3.05) is 7.11 Å². The third-order valence-electron chi connectivity index (χ3n) is 2.63. The largest absolute Gasteiger partial charge is 0.493 e. The van der Waals surface area contributed by atoms with Crippen LogP contribution in [-0.4, -0.2) is 22.7 Å². The topological polar surface area (TPSA) is 86.2 Å². The van der Waals surface area contributed by atoms with Crippen LogP contribution in [0.1, 0.15) is 11.1 Å². The zero-order valence-electron chi connectivity index (χ0n) is 11.3. The van der Waals surface area contributed by atoms with E-state index in [1.807, 2.05) is 13.2 Å². The minimum atomic E-state index is -0.00268. The molecule has 0 atom stereocenters. The molecule has 1 heterocycles. The zero-order valence-corrected chi connectivity index (χ0v) is 12.1. The summed E-state index contributed by atoms with van der Waals surface area (Å²) in [6, 6.07) is 5.15. The maximum atomic E-state index is 7.39. The van der Waals surface area contributed by atoms with Gasteiger partial charge in [-0.05, 0) is 18.2 Å². The summed E-state index contributed by atoms with van der Waals surface area (Å²) >= 11 is 0. The van der Waals surface area contributed by atoms with E-state index in [-0.39, 0.29) is 18.2 Å². The molecule has 0 unspecified atom stereocenters. The second-order valence-corrected chi connectivity index (χ2v) is 4.09. The number of aryl methyl sites for hydroxylation is 1. The average molecular weight is 297 g/mol. The molecule has 0 bridgehead atoms. The maximum absolute atomic E-state index is 7.39. The van der Waals surface area contributed by atoms with E-state index in [2.05, 4.69) is 5.10 Å². The highest BCUT2D eigenvalue weighted by Gasteiger charge is 2.08. The quantitative estimate of drug-likeness (QED) is 0.650. The van der Waals surface area contributed by atoms with Gasteiger partial charge >= 0.3 is 0 Å². The zero-order chi connectivity index (χ0) is 13.8. The SMILES string of the molecule is COc1cc(C(=N)N)ccc1OCc1cnn(C)c1.Cl. The Morgan fingerprint density at radius 1 is 1.40 bits per heavy atom. The Hall–Kier alpha value is -2.21. The molecule has 2 aromatic rings. The molecule has 1 aromatic heterocycles. The summed E-state index contributed by atoms with van der Waals surface area (Å²) in [6.45, 7) is 0.406. The molecule has 7 heteroatoms. The Balaban J connectivity index is 0.00000200. The fourth-order valence-corrected chi connectivity index (χ4v) is 1.66. The van der Waals surface area contributed by atoms with Gasteiger partial charge in [-0.2, -0.15) is 5.10 Å². The highest BCUT2D eigenvalue weighted by molar-refractivity contribution is 5.95. The summed E-state index contributed by atoms with van der Waals surface area (Å²) in [5.74, 6) is 1.16. The van der Waals surface area contributed by atoms with Crippen molar-refractivity contribution in [1.82, 2.24) is 9.78 Å². The monoisotopic (exact) mass is 296 g/mol. The number of rotatable bonds is 5. The van der Waals surface area contributed by atoms with Crippen molar-refractivity contribution in [3.63, 3.8) is 0 Å². The first-order valence-corrected chi connectivity index (χ1v) is 5.73. The molecule has 0 fully saturated rings. The van der Waals surface area contributed by atoms with Gasteiger partial charge in [-0.3, -0.25) is 10.1 Å². The summed E-state index contributed by atoms with van der Waals surface area (Å²) in [6.07, 6.45) is 3.63. The number of nitrogens with one attached hydrogen (secondary N) is 1. The third kappa shape index (κ3) is 3.64. The molecule has 1 aromatic carbocycles. The second kappa shape index (κ2) is 6.81. The summed E-state index contributed by atoms with van der Waals surface area (Å²) in [7, 11) is 3.40. The van der Waals surface area contributed by atoms with Crippen LogP contribution in [0, 0.1) is 5.41 Å². The molecule has 20 heavy (non-hydrogen) atoms. The van der Waals surface area contributed by atoms with Crippen LogP contribution in [0.15, 0.2) is 30.6 Å². The van der Waals surface area contributed by atoms with E-state index in [4.69, 9.17) is 20.6 Å². The van der Waals surface area contributed by atoms with Gasteiger partial charge in [0.1, 0.15) is 12.4 Å². The van der Waals surface area contributed by atoms with Gasteiger partial charge in [0.15, 0.2) is 11.5 Å². The summed E-state index contributed by atoms with van der Waals surface area (Å²) < 4.78 is 12.6. The van der Waals surface area contributed by atoms with Crippen LogP contribution < -0.4 is 15.2 Å². The van der Waals surface area contributed by atoms with E-state index >= 15 is 0 Å². The standard InChI is InChI=1S/C13H16N4O2.ClH/c1-17-7-9(6-16-17)8-19-11-4-3-10(13(14)15)5-12(11)18-2;/h3-7H,8H2,1-2H3,(H3,14,15);1H. The third-order valence-corrected chi connectivity index (χ3v) is 2.63. The predicted molar refractivity (Wildman–Crippen MR) is 78.8 cm³/mol. The molecular formula is C13H17ClN4O2. The summed E-state index contributed by atoms with van der Waals surface area (Å²) in [5.41, 5.74) is 7.01. The van der Waals surface area contributed by atoms with E-state index in [9.17, 15) is 0 Å². The fourth-order valence-electron chi connectivity index (χ4n) is 1.66. The number of nitrogen functional groups attached to an aromatic ring is 1. The van der Waals surface area contributed by atoms with Gasteiger partial charge < -0.3 is 15.2 Å². The first kappa shape index (κ1) is 15.8. The van der Waals surface area contributed by atoms with Crippen molar-refractivity contribution < 1.29 is 9.47 Å². The van der Waals surface area contributed by atoms with Crippen molar-refractivity contribution in [3.8, 4) is 11.5 Å². The fraction of sp³-hybridized carbons (Fsp3) is 0.231. The number of benzene rings is 1. The molecule has 0 radical (unpaired) electrons. The number of hydrogen-bond donors (Lipinski definition) is 2. The average Bonchev–Trinajstić information content (AvgIpc) is 2.81. The number of amidine groups is 1. The Morgan fingerprint density at radius 2 is 2.15 bits per heavy atom. The Kier molecular flexibility index (Phi) is 5.40. The number of aromatic nitrogens is 2. The molecule has 0 amide bonds. The molecule has 0 aliphatic rings. The lowest BCUT2D eigenvalue weighted by molar-refractivity contribution is 0.284. The van der Waals surface area contributed by atoms with E-state index in [0.717, 1.165) is 5.56 Å². The van der Waals surface area contributed by atoms with Crippen molar-refractivity contribution in [2.45, 2.75) is 6.61 Å². The van der Waals surface area contributed by atoms with E-state index in [1.165, 1.54) is 0 Å². The lowest BCUT2D eigenvalue weighted by Crippen LogP contribution is -2.11. The van der Waals surface area contributed by atoms with Crippen molar-refractivity contribution in [1.29, 1.82) is 5.41 Å². The molecule has 0 aliphatic heterocycles. The maximum Gasteiger partial charge on any atom is 0.161 e. The highest BCUT2D eigenvalue weighted by Crippen LogP contribution is 2.28. The normalized spacial score (nSPS) is 9.70. The highest BCUT2D eigenvalue weighted by atomic mass is 35.5. The van der Waals surface area contributed by atoms with E-state index in [1.54, 1.807) is 36.2 Å². The van der Waals surface area contributed by atoms with Crippen LogP contribution in [0.4, 0.5) is 0 Å². The number of nitrogens with two attached hydrogens (primary N) is 1. The molecule has 2 rings (SSSR count). The van der Waals surface area contributed by atoms with Gasteiger partial charge in [0.05, 0.1) is 13.3 Å². The van der Waals surface area contributed by atoms with Crippen LogP contribution in [0.5, 0.6) is 11.5 Å². The number of methoxy groups -OCH3 is 1. The van der Waals surface area contributed by atoms with Crippen LogP contribution in [0.25, 0.3) is 0 Å². The lowest BCUT2D eigenvalue weighted by Gasteiger charge is -2.11. The molecule has 108 valence electrons. The molecule has 6 nitrogen and oxygen atoms in total. The first-order chi connectivity index (χ1) is 9.10. The van der Waals surface area contributed by atoms with Crippen molar-refractivity contribution in [2.24, 2.45) is 12.8 Å². The predicted octanol–water partition coefficient (Wildman–Crippen LogP) is 1.71. The Morgan fingerprint density at radius 3 is 2.70 bits per heavy atom.